The molecule has 0 saturated heterocycles. The van der Waals surface area contributed by atoms with Crippen LogP contribution in [0.5, 0.6) is 0 Å². The number of halogens is 1. The second-order valence-corrected chi connectivity index (χ2v) is 7.42. The number of hydrogen-bond acceptors (Lipinski definition) is 4. The first-order valence-electron chi connectivity index (χ1n) is 5.61. The summed E-state index contributed by atoms with van der Waals surface area (Å²) in [5.74, 6) is 0.395. The Bertz CT molecular complexity index is 622. The molecule has 0 radical (unpaired) electrons. The molecular formula is C11H14ClN3O2S2. The first-order chi connectivity index (χ1) is 9.04. The summed E-state index contributed by atoms with van der Waals surface area (Å²) in [5.41, 5.74) is 0. The van der Waals surface area contributed by atoms with Crippen molar-refractivity contribution in [3.63, 3.8) is 0 Å². The Morgan fingerprint density at radius 2 is 2.32 bits per heavy atom. The predicted molar refractivity (Wildman–Crippen MR) is 75.9 cm³/mol. The Balaban J connectivity index is 2.16. The van der Waals surface area contributed by atoms with E-state index in [1.165, 1.54) is 32.7 Å². The summed E-state index contributed by atoms with van der Waals surface area (Å²) in [6, 6.07) is 3.81. The molecule has 5 nitrogen and oxygen atoms in total. The molecule has 19 heavy (non-hydrogen) atoms. The quantitative estimate of drug-likeness (QED) is 0.765. The Hall–Kier alpha value is -0.890. The van der Waals surface area contributed by atoms with Crippen LogP contribution in [0.3, 0.4) is 0 Å². The van der Waals surface area contributed by atoms with Crippen molar-refractivity contribution in [3.05, 3.63) is 34.8 Å². The van der Waals surface area contributed by atoms with E-state index in [1.807, 2.05) is 17.5 Å². The molecule has 0 amide bonds. The van der Waals surface area contributed by atoms with Crippen LogP contribution in [0, 0.1) is 0 Å². The van der Waals surface area contributed by atoms with Crippen molar-refractivity contribution >= 4 is 33.0 Å². The Morgan fingerprint density at radius 3 is 2.95 bits per heavy atom. The summed E-state index contributed by atoms with van der Waals surface area (Å²) >= 11 is 7.13. The van der Waals surface area contributed by atoms with E-state index < -0.39 is 10.0 Å². The van der Waals surface area contributed by atoms with Gasteiger partial charge in [0.2, 0.25) is 10.0 Å². The highest BCUT2D eigenvalue weighted by Crippen LogP contribution is 2.18. The molecule has 0 bridgehead atoms. The van der Waals surface area contributed by atoms with E-state index in [4.69, 9.17) is 11.6 Å². The van der Waals surface area contributed by atoms with Crippen LogP contribution in [0.25, 0.3) is 0 Å². The van der Waals surface area contributed by atoms with Crippen LogP contribution in [-0.4, -0.2) is 35.4 Å². The third-order valence-electron chi connectivity index (χ3n) is 2.59. The fraction of sp³-hybridized carbons (Fsp3) is 0.364. The average molecular weight is 320 g/mol. The maximum absolute atomic E-state index is 12.3. The van der Waals surface area contributed by atoms with Crippen molar-refractivity contribution < 1.29 is 8.42 Å². The fourth-order valence-electron chi connectivity index (χ4n) is 1.57. The molecule has 0 aliphatic rings. The van der Waals surface area contributed by atoms with E-state index >= 15 is 0 Å². The third kappa shape index (κ3) is 3.36. The molecule has 0 saturated carbocycles. The van der Waals surface area contributed by atoms with Crippen LogP contribution in [-0.2, 0) is 23.1 Å². The minimum Gasteiger partial charge on any atom is -0.270 e. The normalized spacial score (nSPS) is 12.2. The highest BCUT2D eigenvalue weighted by Gasteiger charge is 2.22. The largest absolute Gasteiger partial charge is 0.270 e. The highest BCUT2D eigenvalue weighted by atomic mass is 35.5. The molecule has 0 N–H and O–H groups in total. The van der Waals surface area contributed by atoms with E-state index in [2.05, 4.69) is 5.10 Å². The molecule has 0 aliphatic heterocycles. The molecule has 0 fully saturated rings. The molecular weight excluding hydrogens is 306 g/mol. The molecule has 8 heteroatoms. The molecule has 0 aromatic carbocycles. The average Bonchev–Trinajstić information content (AvgIpc) is 3.00. The van der Waals surface area contributed by atoms with Crippen molar-refractivity contribution in [1.82, 2.24) is 14.1 Å². The summed E-state index contributed by atoms with van der Waals surface area (Å²) in [4.78, 5) is 1.19. The molecule has 0 atom stereocenters. The molecule has 2 aromatic heterocycles. The van der Waals surface area contributed by atoms with Crippen molar-refractivity contribution in [2.24, 2.45) is 0 Å². The van der Waals surface area contributed by atoms with Crippen LogP contribution in [0.1, 0.15) is 4.88 Å². The van der Waals surface area contributed by atoms with Gasteiger partial charge in [-0.2, -0.15) is 9.40 Å². The maximum atomic E-state index is 12.3. The van der Waals surface area contributed by atoms with Gasteiger partial charge in [-0.05, 0) is 11.4 Å². The highest BCUT2D eigenvalue weighted by molar-refractivity contribution is 7.89. The number of hydrogen-bond donors (Lipinski definition) is 0. The van der Waals surface area contributed by atoms with Gasteiger partial charge in [0, 0.05) is 30.5 Å². The number of thiophene rings is 1. The van der Waals surface area contributed by atoms with Crippen LogP contribution < -0.4 is 0 Å². The predicted octanol–water partition coefficient (Wildman–Crippen LogP) is 2.00. The zero-order chi connectivity index (χ0) is 13.9. The van der Waals surface area contributed by atoms with Gasteiger partial charge in [0.1, 0.15) is 4.90 Å². The van der Waals surface area contributed by atoms with E-state index in [-0.39, 0.29) is 4.90 Å². The summed E-state index contributed by atoms with van der Waals surface area (Å²) in [7, 11) is -1.94. The minimum atomic E-state index is -3.50. The van der Waals surface area contributed by atoms with Gasteiger partial charge in [-0.1, -0.05) is 6.07 Å². The Labute approximate surface area is 121 Å². The van der Waals surface area contributed by atoms with Crippen LogP contribution >= 0.6 is 22.9 Å². The van der Waals surface area contributed by atoms with Crippen molar-refractivity contribution in [3.8, 4) is 0 Å². The molecule has 0 unspecified atom stereocenters. The smallest absolute Gasteiger partial charge is 0.246 e. The minimum absolute atomic E-state index is 0.191. The second-order valence-electron chi connectivity index (χ2n) is 3.97. The topological polar surface area (TPSA) is 55.2 Å². The Kier molecular flexibility index (Phi) is 4.62. The van der Waals surface area contributed by atoms with Gasteiger partial charge in [-0.3, -0.25) is 4.68 Å². The number of alkyl halides is 1. The van der Waals surface area contributed by atoms with Gasteiger partial charge in [-0.25, -0.2) is 8.42 Å². The molecule has 2 aromatic rings. The third-order valence-corrected chi connectivity index (χ3v) is 5.38. The van der Waals surface area contributed by atoms with Crippen molar-refractivity contribution in [2.75, 3.05) is 12.9 Å². The monoisotopic (exact) mass is 319 g/mol. The van der Waals surface area contributed by atoms with Crippen molar-refractivity contribution in [2.45, 2.75) is 18.0 Å². The lowest BCUT2D eigenvalue weighted by atomic mass is 10.5. The molecule has 2 heterocycles. The number of aryl methyl sites for hydroxylation is 1. The summed E-state index contributed by atoms with van der Waals surface area (Å²) in [6.45, 7) is 0.854. The lowest BCUT2D eigenvalue weighted by Crippen LogP contribution is -2.25. The fourth-order valence-corrected chi connectivity index (χ4v) is 3.69. The van der Waals surface area contributed by atoms with Crippen LogP contribution in [0.4, 0.5) is 0 Å². The SMILES string of the molecule is CN(Cc1cccs1)S(=O)(=O)c1cnn(CCCl)c1. The van der Waals surface area contributed by atoms with E-state index in [0.717, 1.165) is 4.88 Å². The lowest BCUT2D eigenvalue weighted by molar-refractivity contribution is 0.469. The van der Waals surface area contributed by atoms with Crippen LogP contribution in [0.2, 0.25) is 0 Å². The van der Waals surface area contributed by atoms with Gasteiger partial charge in [-0.15, -0.1) is 22.9 Å². The summed E-state index contributed by atoms with van der Waals surface area (Å²) in [6.07, 6.45) is 2.86. The van der Waals surface area contributed by atoms with Crippen molar-refractivity contribution in [1.29, 1.82) is 0 Å². The first kappa shape index (κ1) is 14.5. The van der Waals surface area contributed by atoms with Gasteiger partial charge in [0.25, 0.3) is 0 Å². The Morgan fingerprint density at radius 1 is 1.53 bits per heavy atom. The van der Waals surface area contributed by atoms with Crippen LogP contribution in [0.15, 0.2) is 34.8 Å². The maximum Gasteiger partial charge on any atom is 0.246 e. The summed E-state index contributed by atoms with van der Waals surface area (Å²) in [5, 5.41) is 5.91. The number of nitrogens with zero attached hydrogens (tertiary/aromatic N) is 3. The molecule has 2 rings (SSSR count). The van der Waals surface area contributed by atoms with E-state index in [1.54, 1.807) is 7.05 Å². The standard InChI is InChI=1S/C11H14ClN3O2S2/c1-14(8-10-3-2-6-18-10)19(16,17)11-7-13-15(9-11)5-4-12/h2-3,6-7,9H,4-5,8H2,1H3. The summed E-state index contributed by atoms with van der Waals surface area (Å²) < 4.78 is 27.5. The van der Waals surface area contributed by atoms with Gasteiger partial charge in [0.15, 0.2) is 0 Å². The van der Waals surface area contributed by atoms with Gasteiger partial charge < -0.3 is 0 Å². The van der Waals surface area contributed by atoms with Gasteiger partial charge >= 0.3 is 0 Å². The molecule has 0 spiro atoms. The van der Waals surface area contributed by atoms with Gasteiger partial charge in [0.05, 0.1) is 12.7 Å². The number of rotatable bonds is 6. The molecule has 0 aliphatic carbocycles. The van der Waals surface area contributed by atoms with E-state index in [0.29, 0.717) is 19.0 Å². The van der Waals surface area contributed by atoms with E-state index in [9.17, 15) is 8.42 Å². The zero-order valence-electron chi connectivity index (χ0n) is 10.4. The number of sulfonamides is 1. The first-order valence-corrected chi connectivity index (χ1v) is 8.46. The second kappa shape index (κ2) is 6.04. The zero-order valence-corrected chi connectivity index (χ0v) is 12.7. The lowest BCUT2D eigenvalue weighted by Gasteiger charge is -2.14. The molecule has 104 valence electrons. The number of aromatic nitrogens is 2.